The molecule has 7 nitrogen and oxygen atoms in total. The van der Waals surface area contributed by atoms with E-state index in [0.717, 1.165) is 14.4 Å². The summed E-state index contributed by atoms with van der Waals surface area (Å²) in [5, 5.41) is 12.4. The summed E-state index contributed by atoms with van der Waals surface area (Å²) in [6, 6.07) is 6.40. The van der Waals surface area contributed by atoms with Crippen molar-refractivity contribution in [1.82, 2.24) is 29.6 Å². The Morgan fingerprint density at radius 1 is 1.23 bits per heavy atom. The van der Waals surface area contributed by atoms with Crippen LogP contribution >= 0.6 is 11.8 Å². The number of aryl methyl sites for hydroxylation is 2. The van der Waals surface area contributed by atoms with Crippen molar-refractivity contribution in [2.45, 2.75) is 10.8 Å². The highest BCUT2D eigenvalue weighted by Crippen LogP contribution is 2.26. The smallest absolute Gasteiger partial charge is 0.275 e. The Morgan fingerprint density at radius 2 is 2.05 bits per heavy atom. The molecule has 0 atom stereocenters. The summed E-state index contributed by atoms with van der Waals surface area (Å²) >= 11 is 1.39. The summed E-state index contributed by atoms with van der Waals surface area (Å²) < 4.78 is 18.0. The van der Waals surface area contributed by atoms with Crippen LogP contribution in [0.2, 0.25) is 0 Å². The lowest BCUT2D eigenvalue weighted by Crippen LogP contribution is -2.23. The number of thioether (sulfide) groups is 1. The van der Waals surface area contributed by atoms with E-state index in [-0.39, 0.29) is 0 Å². The van der Waals surface area contributed by atoms with E-state index in [4.69, 9.17) is 0 Å². The Morgan fingerprint density at radius 3 is 2.68 bits per heavy atom. The summed E-state index contributed by atoms with van der Waals surface area (Å²) in [5.74, 6) is -0.0549. The van der Waals surface area contributed by atoms with Crippen LogP contribution in [0.15, 0.2) is 40.3 Å². The normalized spacial score (nSPS) is 11.0. The maximum atomic E-state index is 14.2. The van der Waals surface area contributed by atoms with Crippen molar-refractivity contribution in [2.24, 2.45) is 14.1 Å². The van der Waals surface area contributed by atoms with Gasteiger partial charge in [-0.05, 0) is 28.6 Å². The minimum Gasteiger partial charge on any atom is -0.275 e. The van der Waals surface area contributed by atoms with Crippen molar-refractivity contribution >= 4 is 11.8 Å². The number of benzene rings is 1. The van der Waals surface area contributed by atoms with Gasteiger partial charge in [0.05, 0.1) is 5.69 Å². The van der Waals surface area contributed by atoms with E-state index in [9.17, 15) is 9.18 Å². The summed E-state index contributed by atoms with van der Waals surface area (Å²) in [6.45, 7) is 0. The lowest BCUT2D eigenvalue weighted by molar-refractivity contribution is 0.612. The van der Waals surface area contributed by atoms with E-state index in [0.29, 0.717) is 17.0 Å². The van der Waals surface area contributed by atoms with Crippen molar-refractivity contribution in [2.75, 3.05) is 0 Å². The van der Waals surface area contributed by atoms with E-state index in [1.165, 1.54) is 24.9 Å². The molecule has 3 rings (SSSR count). The molecule has 0 aliphatic heterocycles. The minimum atomic E-state index is -0.422. The predicted molar refractivity (Wildman–Crippen MR) is 79.3 cm³/mol. The Balaban J connectivity index is 1.96. The van der Waals surface area contributed by atoms with Gasteiger partial charge in [-0.15, -0.1) is 0 Å². The zero-order chi connectivity index (χ0) is 15.7. The van der Waals surface area contributed by atoms with Gasteiger partial charge in [0.2, 0.25) is 0 Å². The van der Waals surface area contributed by atoms with Gasteiger partial charge in [0.1, 0.15) is 10.8 Å². The third-order valence-electron chi connectivity index (χ3n) is 3.10. The van der Waals surface area contributed by atoms with Gasteiger partial charge in [-0.2, -0.15) is 14.5 Å². The first-order valence-corrected chi connectivity index (χ1v) is 7.44. The van der Waals surface area contributed by atoms with Crippen LogP contribution in [0.3, 0.4) is 0 Å². The number of rotatable bonds is 4. The molecule has 0 aliphatic rings. The van der Waals surface area contributed by atoms with Gasteiger partial charge < -0.3 is 0 Å². The fourth-order valence-electron chi connectivity index (χ4n) is 1.97. The van der Waals surface area contributed by atoms with Crippen LogP contribution in [-0.4, -0.2) is 29.6 Å². The van der Waals surface area contributed by atoms with Gasteiger partial charge in [-0.1, -0.05) is 17.8 Å². The lowest BCUT2D eigenvalue weighted by atomic mass is 10.2. The molecular weight excluding hydrogens is 307 g/mol. The molecule has 2 aromatic heterocycles. The number of hydrogen-bond donors (Lipinski definition) is 0. The molecule has 22 heavy (non-hydrogen) atoms. The van der Waals surface area contributed by atoms with E-state index in [2.05, 4.69) is 15.5 Å². The fourth-order valence-corrected chi connectivity index (χ4v) is 2.89. The van der Waals surface area contributed by atoms with Gasteiger partial charge in [0.25, 0.3) is 0 Å². The molecule has 0 fully saturated rings. The highest BCUT2D eigenvalue weighted by Gasteiger charge is 2.15. The number of tetrazole rings is 1. The van der Waals surface area contributed by atoms with Crippen LogP contribution in [0.5, 0.6) is 0 Å². The molecule has 0 spiro atoms. The van der Waals surface area contributed by atoms with Crippen LogP contribution in [0.1, 0.15) is 5.56 Å². The van der Waals surface area contributed by atoms with Crippen LogP contribution in [-0.2, 0) is 19.8 Å². The second kappa shape index (κ2) is 5.76. The van der Waals surface area contributed by atoms with Crippen LogP contribution in [0.4, 0.5) is 4.39 Å². The third-order valence-corrected chi connectivity index (χ3v) is 4.04. The Hall–Kier alpha value is -2.42. The molecule has 0 radical (unpaired) electrons. The molecule has 9 heteroatoms. The molecule has 0 N–H and O–H groups in total. The molecule has 0 saturated carbocycles. The zero-order valence-corrected chi connectivity index (χ0v) is 12.8. The molecule has 1 aromatic carbocycles. The molecule has 0 bridgehead atoms. The first-order valence-electron chi connectivity index (χ1n) is 6.45. The van der Waals surface area contributed by atoms with Gasteiger partial charge in [-0.3, -0.25) is 4.68 Å². The fraction of sp³-hybridized carbons (Fsp3) is 0.231. The van der Waals surface area contributed by atoms with Crippen molar-refractivity contribution in [3.8, 4) is 5.69 Å². The summed E-state index contributed by atoms with van der Waals surface area (Å²) in [7, 11) is 3.31. The Bertz CT molecular complexity index is 868. The average Bonchev–Trinajstić information content (AvgIpc) is 3.05. The van der Waals surface area contributed by atoms with E-state index in [1.54, 1.807) is 16.8 Å². The Labute approximate surface area is 129 Å². The van der Waals surface area contributed by atoms with Gasteiger partial charge in [-0.25, -0.2) is 9.18 Å². The molecule has 114 valence electrons. The average molecular weight is 320 g/mol. The first-order chi connectivity index (χ1) is 10.6. The van der Waals surface area contributed by atoms with Gasteiger partial charge in [0.15, 0.2) is 0 Å². The largest absolute Gasteiger partial charge is 0.368 e. The number of hydrogen-bond acceptors (Lipinski definition) is 5. The number of nitrogens with zero attached hydrogens (tertiary/aromatic N) is 6. The standard InChI is InChI=1S/C13H13FN6OS/c1-18-7-6-12(15-18)22-8-9-10(14)4-3-5-11(9)20-13(21)19(2)16-17-20/h3-7H,8H2,1-2H3. The molecule has 0 aliphatic carbocycles. The Kier molecular flexibility index (Phi) is 3.80. The lowest BCUT2D eigenvalue weighted by Gasteiger charge is -2.08. The van der Waals surface area contributed by atoms with Crippen LogP contribution in [0.25, 0.3) is 5.69 Å². The third kappa shape index (κ3) is 2.67. The summed E-state index contributed by atoms with van der Waals surface area (Å²) in [4.78, 5) is 12.0. The quantitative estimate of drug-likeness (QED) is 0.674. The van der Waals surface area contributed by atoms with Crippen LogP contribution < -0.4 is 5.69 Å². The topological polar surface area (TPSA) is 70.5 Å². The molecule has 3 aromatic rings. The van der Waals surface area contributed by atoms with Gasteiger partial charge in [0, 0.05) is 31.6 Å². The van der Waals surface area contributed by atoms with E-state index >= 15 is 0 Å². The minimum absolute atomic E-state index is 0.335. The molecule has 0 unspecified atom stereocenters. The summed E-state index contributed by atoms with van der Waals surface area (Å²) in [5.41, 5.74) is 0.358. The van der Waals surface area contributed by atoms with Crippen LogP contribution in [0, 0.1) is 5.82 Å². The molecule has 2 heterocycles. The maximum absolute atomic E-state index is 14.2. The van der Waals surface area contributed by atoms with Crippen molar-refractivity contribution in [3.63, 3.8) is 0 Å². The predicted octanol–water partition coefficient (Wildman–Crippen LogP) is 1.13. The van der Waals surface area contributed by atoms with Gasteiger partial charge >= 0.3 is 5.69 Å². The maximum Gasteiger partial charge on any atom is 0.368 e. The van der Waals surface area contributed by atoms with Crippen molar-refractivity contribution < 1.29 is 4.39 Å². The number of halogens is 1. The molecular formula is C13H13FN6OS. The van der Waals surface area contributed by atoms with E-state index in [1.807, 2.05) is 19.3 Å². The van der Waals surface area contributed by atoms with E-state index < -0.39 is 11.5 Å². The highest BCUT2D eigenvalue weighted by atomic mass is 32.2. The summed E-state index contributed by atoms with van der Waals surface area (Å²) in [6.07, 6.45) is 1.82. The monoisotopic (exact) mass is 320 g/mol. The molecule has 0 amide bonds. The second-order valence-corrected chi connectivity index (χ2v) is 5.65. The highest BCUT2D eigenvalue weighted by molar-refractivity contribution is 7.98. The SMILES string of the molecule is Cn1ccc(SCc2c(F)cccc2-n2nnn(C)c2=O)n1. The number of aromatic nitrogens is 6. The molecule has 0 saturated heterocycles. The van der Waals surface area contributed by atoms with Crippen molar-refractivity contribution in [3.05, 3.63) is 52.3 Å². The zero-order valence-electron chi connectivity index (χ0n) is 12.0. The second-order valence-electron chi connectivity index (χ2n) is 4.65. The first kappa shape index (κ1) is 14.5. The van der Waals surface area contributed by atoms with Crippen molar-refractivity contribution in [1.29, 1.82) is 0 Å².